The van der Waals surface area contributed by atoms with Crippen molar-refractivity contribution in [1.29, 1.82) is 0 Å². The topological polar surface area (TPSA) is 52.0 Å². The van der Waals surface area contributed by atoms with E-state index in [0.29, 0.717) is 0 Å². The Balaban J connectivity index is 3.01. The van der Waals surface area contributed by atoms with Crippen LogP contribution in [0, 0.1) is 0 Å². The molecule has 0 radical (unpaired) electrons. The van der Waals surface area contributed by atoms with Crippen LogP contribution in [-0.2, 0) is 0 Å². The summed E-state index contributed by atoms with van der Waals surface area (Å²) in [5.74, 6) is 0. The second-order valence-electron chi connectivity index (χ2n) is 12.6. The molecule has 0 aromatic carbocycles. The van der Waals surface area contributed by atoms with Crippen molar-refractivity contribution in [3.63, 3.8) is 0 Å². The summed E-state index contributed by atoms with van der Waals surface area (Å²) in [4.78, 5) is 0. The van der Waals surface area contributed by atoms with E-state index in [1.54, 1.807) is 0 Å². The molecule has 0 amide bonds. The molecule has 0 rings (SSSR count). The zero-order valence-corrected chi connectivity index (χ0v) is 26.6. The summed E-state index contributed by atoms with van der Waals surface area (Å²) in [6, 6.07) is 0. The van der Waals surface area contributed by atoms with Crippen molar-refractivity contribution in [2.24, 2.45) is 11.5 Å². The van der Waals surface area contributed by atoms with E-state index in [1.807, 2.05) is 0 Å². The summed E-state index contributed by atoms with van der Waals surface area (Å²) in [6.07, 6.45) is 49.2. The zero-order chi connectivity index (χ0) is 27.5. The number of hydrogen-bond donors (Lipinski definition) is 2. The van der Waals surface area contributed by atoms with Crippen LogP contribution >= 0.6 is 0 Å². The average molecular weight is 537 g/mol. The fourth-order valence-corrected chi connectivity index (χ4v) is 5.95. The summed E-state index contributed by atoms with van der Waals surface area (Å²) in [5, 5.41) is 0. The predicted molar refractivity (Wildman–Crippen MR) is 175 cm³/mol. The first-order chi connectivity index (χ1) is 18.9. The molecule has 230 valence electrons. The van der Waals surface area contributed by atoms with Gasteiger partial charge in [0.15, 0.2) is 0 Å². The Labute approximate surface area is 242 Å². The molecule has 0 spiro atoms. The molecule has 0 saturated carbocycles. The molecular weight excluding hydrogens is 460 g/mol. The first kappa shape index (κ1) is 37.9. The van der Waals surface area contributed by atoms with E-state index in [4.69, 9.17) is 11.5 Å². The summed E-state index contributed by atoms with van der Waals surface area (Å²) < 4.78 is 0. The highest BCUT2D eigenvalue weighted by molar-refractivity contribution is 4.53. The molecule has 0 atom stereocenters. The Morgan fingerprint density at radius 3 is 0.289 bits per heavy atom. The van der Waals surface area contributed by atoms with Crippen LogP contribution in [0.2, 0.25) is 0 Å². The molecule has 0 bridgehead atoms. The molecule has 4 N–H and O–H groups in total. The van der Waals surface area contributed by atoms with Crippen molar-refractivity contribution >= 4 is 0 Å². The van der Waals surface area contributed by atoms with Gasteiger partial charge in [-0.1, -0.05) is 205 Å². The molecule has 0 aromatic rings. The van der Waals surface area contributed by atoms with Crippen molar-refractivity contribution in [3.05, 3.63) is 0 Å². The highest BCUT2D eigenvalue weighted by atomic mass is 14.5. The first-order valence-corrected chi connectivity index (χ1v) is 18.3. The van der Waals surface area contributed by atoms with E-state index < -0.39 is 0 Å². The summed E-state index contributed by atoms with van der Waals surface area (Å²) in [6.45, 7) is 1.75. The van der Waals surface area contributed by atoms with Crippen molar-refractivity contribution in [2.75, 3.05) is 13.1 Å². The molecule has 0 heterocycles. The fraction of sp³-hybridized carbons (Fsp3) is 1.00. The van der Waals surface area contributed by atoms with Crippen LogP contribution in [0.4, 0.5) is 0 Å². The minimum atomic E-state index is 0.873. The van der Waals surface area contributed by atoms with Gasteiger partial charge in [-0.15, -0.1) is 0 Å². The standard InChI is InChI=1S/C36H76N2/c37-35-33-31-29-27-25-23-21-19-17-15-13-11-9-7-5-3-1-2-4-6-8-10-12-14-16-18-20-22-24-26-28-30-32-34-36-38/h1-38H2. The van der Waals surface area contributed by atoms with Crippen molar-refractivity contribution < 1.29 is 0 Å². The molecular formula is C36H76N2. The van der Waals surface area contributed by atoms with Crippen LogP contribution in [0.5, 0.6) is 0 Å². The third kappa shape index (κ3) is 35.9. The quantitative estimate of drug-likeness (QED) is 0.0791. The van der Waals surface area contributed by atoms with Crippen LogP contribution in [0.15, 0.2) is 0 Å². The van der Waals surface area contributed by atoms with E-state index in [2.05, 4.69) is 0 Å². The van der Waals surface area contributed by atoms with Gasteiger partial charge < -0.3 is 11.5 Å². The summed E-state index contributed by atoms with van der Waals surface area (Å²) in [7, 11) is 0. The van der Waals surface area contributed by atoms with Gasteiger partial charge in [0, 0.05) is 0 Å². The van der Waals surface area contributed by atoms with Crippen LogP contribution < -0.4 is 11.5 Å². The number of rotatable bonds is 35. The highest BCUT2D eigenvalue weighted by Gasteiger charge is 1.97. The monoisotopic (exact) mass is 537 g/mol. The van der Waals surface area contributed by atoms with E-state index >= 15 is 0 Å². The Kier molecular flexibility index (Phi) is 36.8. The smallest absolute Gasteiger partial charge is 0.00773 e. The zero-order valence-electron chi connectivity index (χ0n) is 26.6. The normalized spacial score (nSPS) is 11.5. The van der Waals surface area contributed by atoms with Gasteiger partial charge in [0.05, 0.1) is 0 Å². The van der Waals surface area contributed by atoms with Gasteiger partial charge in [-0.25, -0.2) is 0 Å². The van der Waals surface area contributed by atoms with Crippen LogP contribution in [0.1, 0.15) is 218 Å². The van der Waals surface area contributed by atoms with Gasteiger partial charge in [-0.05, 0) is 25.9 Å². The molecule has 2 nitrogen and oxygen atoms in total. The molecule has 0 fully saturated rings. The molecule has 2 heteroatoms. The Morgan fingerprint density at radius 1 is 0.132 bits per heavy atom. The lowest BCUT2D eigenvalue weighted by Crippen LogP contribution is -1.97. The summed E-state index contributed by atoms with van der Waals surface area (Å²) >= 11 is 0. The van der Waals surface area contributed by atoms with Crippen molar-refractivity contribution in [2.45, 2.75) is 218 Å². The lowest BCUT2D eigenvalue weighted by atomic mass is 10.0. The van der Waals surface area contributed by atoms with Gasteiger partial charge in [-0.3, -0.25) is 0 Å². The van der Waals surface area contributed by atoms with Crippen LogP contribution in [-0.4, -0.2) is 13.1 Å². The molecule has 0 aliphatic carbocycles. The highest BCUT2D eigenvalue weighted by Crippen LogP contribution is 2.17. The van der Waals surface area contributed by atoms with Crippen LogP contribution in [0.3, 0.4) is 0 Å². The van der Waals surface area contributed by atoms with Gasteiger partial charge in [0.2, 0.25) is 0 Å². The molecule has 0 saturated heterocycles. The minimum absolute atomic E-state index is 0.873. The Bertz CT molecular complexity index is 348. The molecule has 0 unspecified atom stereocenters. The minimum Gasteiger partial charge on any atom is -0.330 e. The van der Waals surface area contributed by atoms with Crippen molar-refractivity contribution in [3.8, 4) is 0 Å². The largest absolute Gasteiger partial charge is 0.330 e. The van der Waals surface area contributed by atoms with E-state index in [0.717, 1.165) is 13.1 Å². The Hall–Kier alpha value is -0.0800. The van der Waals surface area contributed by atoms with E-state index in [1.165, 1.54) is 218 Å². The molecule has 0 aliphatic heterocycles. The summed E-state index contributed by atoms with van der Waals surface area (Å²) in [5.41, 5.74) is 11.1. The number of hydrogen-bond acceptors (Lipinski definition) is 2. The maximum Gasteiger partial charge on any atom is -0.00773 e. The SMILES string of the molecule is NCCCCCCCCCCCCCCCCCCCCCCCCCCCCCCCCCCCCN. The third-order valence-corrected chi connectivity index (χ3v) is 8.66. The van der Waals surface area contributed by atoms with Gasteiger partial charge in [-0.2, -0.15) is 0 Å². The van der Waals surface area contributed by atoms with Gasteiger partial charge in [0.1, 0.15) is 0 Å². The second-order valence-corrected chi connectivity index (χ2v) is 12.6. The number of unbranched alkanes of at least 4 members (excludes halogenated alkanes) is 33. The second kappa shape index (κ2) is 36.9. The maximum absolute atomic E-state index is 5.55. The van der Waals surface area contributed by atoms with Crippen molar-refractivity contribution in [1.82, 2.24) is 0 Å². The third-order valence-electron chi connectivity index (χ3n) is 8.66. The van der Waals surface area contributed by atoms with E-state index in [9.17, 15) is 0 Å². The molecule has 0 aliphatic rings. The average Bonchev–Trinajstić information content (AvgIpc) is 2.93. The molecule has 38 heavy (non-hydrogen) atoms. The Morgan fingerprint density at radius 2 is 0.211 bits per heavy atom. The van der Waals surface area contributed by atoms with Gasteiger partial charge >= 0.3 is 0 Å². The lowest BCUT2D eigenvalue weighted by molar-refractivity contribution is 0.511. The van der Waals surface area contributed by atoms with Crippen LogP contribution in [0.25, 0.3) is 0 Å². The van der Waals surface area contributed by atoms with E-state index in [-0.39, 0.29) is 0 Å². The predicted octanol–water partition coefficient (Wildman–Crippen LogP) is 12.2. The van der Waals surface area contributed by atoms with Gasteiger partial charge in [0.25, 0.3) is 0 Å². The number of nitrogens with two attached hydrogens (primary N) is 2. The molecule has 0 aromatic heterocycles. The lowest BCUT2D eigenvalue weighted by Gasteiger charge is -2.05. The fourth-order valence-electron chi connectivity index (χ4n) is 5.95. The maximum atomic E-state index is 5.55. The first-order valence-electron chi connectivity index (χ1n) is 18.3.